The molecule has 1 aromatic carbocycles. The minimum absolute atomic E-state index is 0.00703. The van der Waals surface area contributed by atoms with Crippen molar-refractivity contribution >= 4 is 23.0 Å². The molecule has 0 aliphatic heterocycles. The predicted molar refractivity (Wildman–Crippen MR) is 69.8 cm³/mol. The van der Waals surface area contributed by atoms with Crippen LogP contribution in [0.15, 0.2) is 18.2 Å². The van der Waals surface area contributed by atoms with E-state index in [9.17, 15) is 14.9 Å². The number of benzene rings is 1. The summed E-state index contributed by atoms with van der Waals surface area (Å²) in [6.07, 6.45) is 0. The van der Waals surface area contributed by atoms with Crippen molar-refractivity contribution in [3.05, 3.63) is 28.3 Å². The van der Waals surface area contributed by atoms with Gasteiger partial charge in [0.15, 0.2) is 0 Å². The molecule has 0 saturated heterocycles. The van der Waals surface area contributed by atoms with Crippen LogP contribution in [0.1, 0.15) is 6.92 Å². The number of nitro benzene ring substituents is 1. The van der Waals surface area contributed by atoms with Gasteiger partial charge in [0.05, 0.1) is 11.5 Å². The SMILES string of the molecule is CCNc1cccc(NCC(=O)NC)c1[N+](=O)[O-]. The first-order chi connectivity index (χ1) is 8.60. The van der Waals surface area contributed by atoms with E-state index in [1.165, 1.54) is 7.05 Å². The highest BCUT2D eigenvalue weighted by atomic mass is 16.6. The van der Waals surface area contributed by atoms with Crippen molar-refractivity contribution in [3.8, 4) is 0 Å². The molecule has 7 nitrogen and oxygen atoms in total. The topological polar surface area (TPSA) is 96.3 Å². The van der Waals surface area contributed by atoms with E-state index < -0.39 is 4.92 Å². The molecule has 7 heteroatoms. The van der Waals surface area contributed by atoms with Crippen molar-refractivity contribution < 1.29 is 9.72 Å². The smallest absolute Gasteiger partial charge is 0.315 e. The minimum atomic E-state index is -0.468. The van der Waals surface area contributed by atoms with Crippen molar-refractivity contribution in [3.63, 3.8) is 0 Å². The summed E-state index contributed by atoms with van der Waals surface area (Å²) in [4.78, 5) is 21.7. The third kappa shape index (κ3) is 3.34. The molecular formula is C11H16N4O3. The Morgan fingerprint density at radius 3 is 2.44 bits per heavy atom. The third-order valence-electron chi connectivity index (χ3n) is 2.30. The summed E-state index contributed by atoms with van der Waals surface area (Å²) in [5, 5.41) is 19.2. The van der Waals surface area contributed by atoms with E-state index in [0.717, 1.165) is 0 Å². The number of para-hydroxylation sites is 1. The summed E-state index contributed by atoms with van der Waals surface area (Å²) in [6.45, 7) is 2.43. The first-order valence-electron chi connectivity index (χ1n) is 5.55. The Bertz CT molecular complexity index is 448. The van der Waals surface area contributed by atoms with Crippen molar-refractivity contribution in [2.75, 3.05) is 30.8 Å². The number of amides is 1. The van der Waals surface area contributed by atoms with Crippen molar-refractivity contribution in [2.45, 2.75) is 6.92 Å². The maximum Gasteiger partial charge on any atom is 0.315 e. The lowest BCUT2D eigenvalue weighted by atomic mass is 10.2. The number of nitrogens with zero attached hydrogens (tertiary/aromatic N) is 1. The van der Waals surface area contributed by atoms with Crippen LogP contribution in [0.5, 0.6) is 0 Å². The Balaban J connectivity index is 2.99. The number of hydrogen-bond donors (Lipinski definition) is 3. The van der Waals surface area contributed by atoms with Gasteiger partial charge in [0.25, 0.3) is 0 Å². The summed E-state index contributed by atoms with van der Waals surface area (Å²) < 4.78 is 0. The van der Waals surface area contributed by atoms with Crippen molar-refractivity contribution in [1.29, 1.82) is 0 Å². The summed E-state index contributed by atoms with van der Waals surface area (Å²) >= 11 is 0. The second-order valence-electron chi connectivity index (χ2n) is 3.52. The van der Waals surface area contributed by atoms with Crippen LogP contribution in [0.4, 0.5) is 17.1 Å². The van der Waals surface area contributed by atoms with Gasteiger partial charge < -0.3 is 16.0 Å². The first-order valence-corrected chi connectivity index (χ1v) is 5.55. The Labute approximate surface area is 105 Å². The molecule has 0 bridgehead atoms. The van der Waals surface area contributed by atoms with Crippen molar-refractivity contribution in [1.82, 2.24) is 5.32 Å². The van der Waals surface area contributed by atoms with E-state index in [0.29, 0.717) is 17.9 Å². The van der Waals surface area contributed by atoms with E-state index in [1.54, 1.807) is 18.2 Å². The molecule has 0 heterocycles. The van der Waals surface area contributed by atoms with Gasteiger partial charge in [-0.2, -0.15) is 0 Å². The van der Waals surface area contributed by atoms with Crippen LogP contribution >= 0.6 is 0 Å². The van der Waals surface area contributed by atoms with Crippen LogP contribution in [-0.2, 0) is 4.79 Å². The Morgan fingerprint density at radius 1 is 1.33 bits per heavy atom. The molecule has 0 unspecified atom stereocenters. The zero-order chi connectivity index (χ0) is 13.5. The van der Waals surface area contributed by atoms with Gasteiger partial charge in [0, 0.05) is 13.6 Å². The van der Waals surface area contributed by atoms with E-state index in [4.69, 9.17) is 0 Å². The lowest BCUT2D eigenvalue weighted by Gasteiger charge is -2.10. The Morgan fingerprint density at radius 2 is 1.94 bits per heavy atom. The van der Waals surface area contributed by atoms with Gasteiger partial charge >= 0.3 is 5.69 Å². The molecular weight excluding hydrogens is 236 g/mol. The number of rotatable bonds is 6. The number of carbonyl (C=O) groups is 1. The third-order valence-corrected chi connectivity index (χ3v) is 2.30. The molecule has 98 valence electrons. The maximum atomic E-state index is 11.1. The number of anilines is 2. The number of carbonyl (C=O) groups excluding carboxylic acids is 1. The molecule has 0 aromatic heterocycles. The lowest BCUT2D eigenvalue weighted by Crippen LogP contribution is -2.26. The zero-order valence-corrected chi connectivity index (χ0v) is 10.3. The number of likely N-dealkylation sites (N-methyl/N-ethyl adjacent to an activating group) is 1. The molecule has 3 N–H and O–H groups in total. The highest BCUT2D eigenvalue weighted by Crippen LogP contribution is 2.32. The Hall–Kier alpha value is -2.31. The molecule has 0 fully saturated rings. The van der Waals surface area contributed by atoms with Gasteiger partial charge in [-0.05, 0) is 19.1 Å². The lowest BCUT2D eigenvalue weighted by molar-refractivity contribution is -0.383. The van der Waals surface area contributed by atoms with E-state index in [1.807, 2.05) is 6.92 Å². The second-order valence-corrected chi connectivity index (χ2v) is 3.52. The Kier molecular flexibility index (Phi) is 4.91. The summed E-state index contributed by atoms with van der Waals surface area (Å²) in [6, 6.07) is 4.89. The average molecular weight is 252 g/mol. The van der Waals surface area contributed by atoms with Crippen molar-refractivity contribution in [2.24, 2.45) is 0 Å². The molecule has 0 spiro atoms. The van der Waals surface area contributed by atoms with E-state index in [-0.39, 0.29) is 18.1 Å². The van der Waals surface area contributed by atoms with E-state index in [2.05, 4.69) is 16.0 Å². The van der Waals surface area contributed by atoms with Crippen LogP contribution in [-0.4, -0.2) is 31.0 Å². The molecule has 0 atom stereocenters. The summed E-state index contributed by atoms with van der Waals surface area (Å²) in [5.41, 5.74) is 0.703. The highest BCUT2D eigenvalue weighted by Gasteiger charge is 2.19. The van der Waals surface area contributed by atoms with Gasteiger partial charge in [0.2, 0.25) is 5.91 Å². The number of nitro groups is 1. The summed E-state index contributed by atoms with van der Waals surface area (Å²) in [5.74, 6) is -0.238. The normalized spacial score (nSPS) is 9.67. The fraction of sp³-hybridized carbons (Fsp3) is 0.364. The maximum absolute atomic E-state index is 11.1. The fourth-order valence-electron chi connectivity index (χ4n) is 1.48. The molecule has 18 heavy (non-hydrogen) atoms. The largest absolute Gasteiger partial charge is 0.380 e. The minimum Gasteiger partial charge on any atom is -0.380 e. The fourth-order valence-corrected chi connectivity index (χ4v) is 1.48. The highest BCUT2D eigenvalue weighted by molar-refractivity contribution is 5.83. The van der Waals surface area contributed by atoms with Gasteiger partial charge in [-0.25, -0.2) is 0 Å². The quantitative estimate of drug-likeness (QED) is 0.522. The number of nitrogens with one attached hydrogen (secondary N) is 3. The molecule has 1 amide bonds. The van der Waals surface area contributed by atoms with Crippen LogP contribution in [0, 0.1) is 10.1 Å². The van der Waals surface area contributed by atoms with E-state index >= 15 is 0 Å². The van der Waals surface area contributed by atoms with Gasteiger partial charge in [0.1, 0.15) is 11.4 Å². The van der Waals surface area contributed by atoms with Gasteiger partial charge in [-0.1, -0.05) is 6.07 Å². The average Bonchev–Trinajstić information content (AvgIpc) is 2.36. The molecule has 0 saturated carbocycles. The van der Waals surface area contributed by atoms with Crippen LogP contribution in [0.3, 0.4) is 0 Å². The standard InChI is InChI=1S/C11H16N4O3/c1-3-13-8-5-4-6-9(11(8)15(17)18)14-7-10(16)12-2/h4-6,13-14H,3,7H2,1-2H3,(H,12,16). The van der Waals surface area contributed by atoms with Crippen LogP contribution in [0.2, 0.25) is 0 Å². The molecule has 1 rings (SSSR count). The van der Waals surface area contributed by atoms with Crippen LogP contribution in [0.25, 0.3) is 0 Å². The number of hydrogen-bond acceptors (Lipinski definition) is 5. The monoisotopic (exact) mass is 252 g/mol. The zero-order valence-electron chi connectivity index (χ0n) is 10.3. The summed E-state index contributed by atoms with van der Waals surface area (Å²) in [7, 11) is 1.51. The van der Waals surface area contributed by atoms with Gasteiger partial charge in [-0.3, -0.25) is 14.9 Å². The molecule has 0 aliphatic carbocycles. The van der Waals surface area contributed by atoms with Gasteiger partial charge in [-0.15, -0.1) is 0 Å². The molecule has 0 radical (unpaired) electrons. The first kappa shape index (κ1) is 13.8. The predicted octanol–water partition coefficient (Wildman–Crippen LogP) is 1.18. The molecule has 1 aromatic rings. The van der Waals surface area contributed by atoms with Crippen LogP contribution < -0.4 is 16.0 Å². The second kappa shape index (κ2) is 6.43. The molecule has 0 aliphatic rings.